The topological polar surface area (TPSA) is 87.9 Å². The van der Waals surface area contributed by atoms with Crippen molar-refractivity contribution < 1.29 is 18.8 Å². The molecule has 1 aliphatic heterocycles. The highest BCUT2D eigenvalue weighted by Crippen LogP contribution is 2.14. The van der Waals surface area contributed by atoms with Gasteiger partial charge in [0, 0.05) is 32.2 Å². The third-order valence-electron chi connectivity index (χ3n) is 3.85. The third kappa shape index (κ3) is 4.44. The van der Waals surface area contributed by atoms with E-state index in [0.717, 1.165) is 0 Å². The summed E-state index contributed by atoms with van der Waals surface area (Å²) in [7, 11) is 0. The maximum atomic E-state index is 12.4. The minimum Gasteiger partial charge on any atom is -0.450 e. The molecule has 0 radical (unpaired) electrons. The molecule has 1 N–H and O–H groups in total. The fourth-order valence-corrected chi connectivity index (χ4v) is 2.68. The van der Waals surface area contributed by atoms with Crippen LogP contribution in [0.4, 0.5) is 10.6 Å². The van der Waals surface area contributed by atoms with Gasteiger partial charge in [0.15, 0.2) is 5.82 Å². The predicted molar refractivity (Wildman–Crippen MR) is 84.1 cm³/mol. The molecule has 1 unspecified atom stereocenters. The van der Waals surface area contributed by atoms with Crippen molar-refractivity contribution in [2.45, 2.75) is 33.2 Å². The lowest BCUT2D eigenvalue weighted by Gasteiger charge is -2.37. The van der Waals surface area contributed by atoms with Gasteiger partial charge in [0.05, 0.1) is 12.6 Å². The average molecular weight is 324 g/mol. The largest absolute Gasteiger partial charge is 0.450 e. The molecule has 0 aromatic carbocycles. The Morgan fingerprint density at radius 3 is 2.57 bits per heavy atom. The zero-order chi connectivity index (χ0) is 16.8. The highest BCUT2D eigenvalue weighted by atomic mass is 16.6. The van der Waals surface area contributed by atoms with Crippen molar-refractivity contribution in [1.82, 2.24) is 15.0 Å². The summed E-state index contributed by atoms with van der Waals surface area (Å²) in [4.78, 5) is 27.9. The van der Waals surface area contributed by atoms with E-state index in [2.05, 4.69) is 15.4 Å². The molecule has 2 rings (SSSR count). The second-order valence-electron chi connectivity index (χ2n) is 5.46. The summed E-state index contributed by atoms with van der Waals surface area (Å²) in [6.45, 7) is 8.31. The Hall–Kier alpha value is -2.09. The fourth-order valence-electron chi connectivity index (χ4n) is 2.68. The van der Waals surface area contributed by atoms with Gasteiger partial charge in [-0.3, -0.25) is 9.69 Å². The Morgan fingerprint density at radius 1 is 1.35 bits per heavy atom. The summed E-state index contributed by atoms with van der Waals surface area (Å²) >= 11 is 0. The number of nitrogens with zero attached hydrogens (tertiary/aromatic N) is 3. The van der Waals surface area contributed by atoms with Gasteiger partial charge in [-0.15, -0.1) is 0 Å². The van der Waals surface area contributed by atoms with E-state index in [4.69, 9.17) is 9.26 Å². The number of hydrogen-bond donors (Lipinski definition) is 1. The van der Waals surface area contributed by atoms with Crippen LogP contribution in [0.1, 0.15) is 26.0 Å². The van der Waals surface area contributed by atoms with Crippen LogP contribution < -0.4 is 5.32 Å². The summed E-state index contributed by atoms with van der Waals surface area (Å²) in [6.07, 6.45) is 0.393. The van der Waals surface area contributed by atoms with Crippen molar-refractivity contribution in [2.24, 2.45) is 0 Å². The van der Waals surface area contributed by atoms with E-state index in [1.165, 1.54) is 0 Å². The van der Waals surface area contributed by atoms with Gasteiger partial charge in [0.2, 0.25) is 5.91 Å². The van der Waals surface area contributed by atoms with Crippen molar-refractivity contribution in [2.75, 3.05) is 38.1 Å². The van der Waals surface area contributed by atoms with Crippen LogP contribution in [-0.2, 0) is 9.53 Å². The van der Waals surface area contributed by atoms with Gasteiger partial charge in [-0.1, -0.05) is 12.1 Å². The molecule has 8 nitrogen and oxygen atoms in total. The lowest BCUT2D eigenvalue weighted by atomic mass is 10.1. The number of anilines is 1. The molecule has 1 aromatic rings. The van der Waals surface area contributed by atoms with Crippen LogP contribution >= 0.6 is 0 Å². The van der Waals surface area contributed by atoms with Gasteiger partial charge < -0.3 is 19.5 Å². The number of carbonyl (C=O) groups is 2. The van der Waals surface area contributed by atoms with Crippen molar-refractivity contribution >= 4 is 17.8 Å². The molecule has 1 saturated heterocycles. The lowest BCUT2D eigenvalue weighted by Crippen LogP contribution is -2.54. The van der Waals surface area contributed by atoms with E-state index in [1.807, 2.05) is 6.92 Å². The highest BCUT2D eigenvalue weighted by Gasteiger charge is 2.30. The molecule has 23 heavy (non-hydrogen) atoms. The Labute approximate surface area is 135 Å². The zero-order valence-electron chi connectivity index (χ0n) is 13.9. The molecule has 0 aliphatic carbocycles. The van der Waals surface area contributed by atoms with Crippen molar-refractivity contribution in [1.29, 1.82) is 0 Å². The number of nitrogens with one attached hydrogen (secondary N) is 1. The number of aromatic nitrogens is 1. The van der Waals surface area contributed by atoms with Crippen molar-refractivity contribution in [3.8, 4) is 0 Å². The Morgan fingerprint density at radius 2 is 2.04 bits per heavy atom. The van der Waals surface area contributed by atoms with Crippen LogP contribution in [-0.4, -0.2) is 65.8 Å². The normalized spacial score (nSPS) is 16.9. The minimum absolute atomic E-state index is 0.106. The standard InChI is InChI=1S/C15H24N4O4/c1-4-12(14(20)16-13-10-11(3)23-17-13)18-6-8-19(9-7-18)15(21)22-5-2/h10,12H,4-9H2,1-3H3,(H,16,17,20). The fraction of sp³-hybridized carbons (Fsp3) is 0.667. The molecule has 1 atom stereocenters. The van der Waals surface area contributed by atoms with Crippen molar-refractivity contribution in [3.63, 3.8) is 0 Å². The van der Waals surface area contributed by atoms with Gasteiger partial charge in [-0.25, -0.2) is 4.79 Å². The zero-order valence-corrected chi connectivity index (χ0v) is 13.9. The molecule has 0 bridgehead atoms. The van der Waals surface area contributed by atoms with E-state index < -0.39 is 0 Å². The first-order valence-corrected chi connectivity index (χ1v) is 7.95. The quantitative estimate of drug-likeness (QED) is 0.882. The molecule has 2 heterocycles. The average Bonchev–Trinajstić information content (AvgIpc) is 2.94. The van der Waals surface area contributed by atoms with E-state index in [-0.39, 0.29) is 18.0 Å². The van der Waals surface area contributed by atoms with E-state index >= 15 is 0 Å². The van der Waals surface area contributed by atoms with E-state index in [0.29, 0.717) is 50.8 Å². The molecule has 8 heteroatoms. The van der Waals surface area contributed by atoms with Gasteiger partial charge in [0.1, 0.15) is 5.76 Å². The monoisotopic (exact) mass is 324 g/mol. The van der Waals surface area contributed by atoms with Crippen LogP contribution in [0.25, 0.3) is 0 Å². The lowest BCUT2D eigenvalue weighted by molar-refractivity contribution is -0.122. The summed E-state index contributed by atoms with van der Waals surface area (Å²) < 4.78 is 9.95. The van der Waals surface area contributed by atoms with Crippen LogP contribution in [0.15, 0.2) is 10.6 Å². The summed E-state index contributed by atoms with van der Waals surface area (Å²) in [6, 6.07) is 1.43. The molecular formula is C15H24N4O4. The third-order valence-corrected chi connectivity index (χ3v) is 3.85. The predicted octanol–water partition coefficient (Wildman–Crippen LogP) is 1.47. The Kier molecular flexibility index (Phi) is 5.97. The highest BCUT2D eigenvalue weighted by molar-refractivity contribution is 5.94. The molecule has 1 fully saturated rings. The van der Waals surface area contributed by atoms with Crippen LogP contribution in [0.2, 0.25) is 0 Å². The Balaban J connectivity index is 1.89. The molecule has 1 aliphatic rings. The second-order valence-corrected chi connectivity index (χ2v) is 5.46. The first-order chi connectivity index (χ1) is 11.0. The number of ether oxygens (including phenoxy) is 1. The smallest absolute Gasteiger partial charge is 0.409 e. The number of amides is 2. The number of aryl methyl sites for hydroxylation is 1. The first kappa shape index (κ1) is 17.3. The molecule has 0 spiro atoms. The number of piperazine rings is 1. The maximum Gasteiger partial charge on any atom is 0.409 e. The summed E-state index contributed by atoms with van der Waals surface area (Å²) in [5, 5.41) is 6.55. The Bertz CT molecular complexity index is 537. The number of rotatable bonds is 5. The van der Waals surface area contributed by atoms with Crippen molar-refractivity contribution in [3.05, 3.63) is 11.8 Å². The first-order valence-electron chi connectivity index (χ1n) is 7.95. The SMILES string of the molecule is CCOC(=O)N1CCN(C(CC)C(=O)Nc2cc(C)on2)CC1. The molecule has 0 saturated carbocycles. The summed E-state index contributed by atoms with van der Waals surface area (Å²) in [5.74, 6) is 0.970. The molecular weight excluding hydrogens is 300 g/mol. The maximum absolute atomic E-state index is 12.4. The van der Waals surface area contributed by atoms with E-state index in [1.54, 1.807) is 24.8 Å². The minimum atomic E-state index is -0.289. The van der Waals surface area contributed by atoms with Crippen LogP contribution in [0.5, 0.6) is 0 Å². The molecule has 128 valence electrons. The van der Waals surface area contributed by atoms with Crippen LogP contribution in [0, 0.1) is 6.92 Å². The molecule has 1 aromatic heterocycles. The number of hydrogen-bond acceptors (Lipinski definition) is 6. The molecule has 2 amide bonds. The number of carbonyl (C=O) groups excluding carboxylic acids is 2. The van der Waals surface area contributed by atoms with Gasteiger partial charge >= 0.3 is 6.09 Å². The summed E-state index contributed by atoms with van der Waals surface area (Å²) in [5.41, 5.74) is 0. The van der Waals surface area contributed by atoms with E-state index in [9.17, 15) is 9.59 Å². The van der Waals surface area contributed by atoms with Gasteiger partial charge in [0.25, 0.3) is 0 Å². The van der Waals surface area contributed by atoms with Gasteiger partial charge in [-0.05, 0) is 20.3 Å². The van der Waals surface area contributed by atoms with Gasteiger partial charge in [-0.2, -0.15) is 0 Å². The second kappa shape index (κ2) is 7.96. The van der Waals surface area contributed by atoms with Crippen LogP contribution in [0.3, 0.4) is 0 Å².